The molecular formula is C14H18FNO. The van der Waals surface area contributed by atoms with Crippen molar-refractivity contribution in [1.29, 1.82) is 0 Å². The highest BCUT2D eigenvalue weighted by molar-refractivity contribution is 5.62. The number of benzene rings is 1. The van der Waals surface area contributed by atoms with Gasteiger partial charge >= 0.3 is 0 Å². The molecule has 2 aliphatic rings. The molecule has 2 unspecified atom stereocenters. The first-order chi connectivity index (χ1) is 8.16. The van der Waals surface area contributed by atoms with Gasteiger partial charge in [-0.3, -0.25) is 0 Å². The van der Waals surface area contributed by atoms with Gasteiger partial charge in [-0.1, -0.05) is 0 Å². The van der Waals surface area contributed by atoms with Crippen molar-refractivity contribution in [1.82, 2.24) is 0 Å². The van der Waals surface area contributed by atoms with Crippen LogP contribution in [0.25, 0.3) is 0 Å². The highest BCUT2D eigenvalue weighted by atomic mass is 19.1. The Bertz CT molecular complexity index is 446. The van der Waals surface area contributed by atoms with E-state index >= 15 is 0 Å². The highest BCUT2D eigenvalue weighted by Gasteiger charge is 2.30. The van der Waals surface area contributed by atoms with Crippen molar-refractivity contribution in [2.45, 2.75) is 45.3 Å². The lowest BCUT2D eigenvalue weighted by atomic mass is 10.1. The van der Waals surface area contributed by atoms with Gasteiger partial charge in [0.15, 0.2) is 11.6 Å². The lowest BCUT2D eigenvalue weighted by Gasteiger charge is -2.25. The van der Waals surface area contributed by atoms with Gasteiger partial charge in [-0.15, -0.1) is 0 Å². The number of halogens is 1. The summed E-state index contributed by atoms with van der Waals surface area (Å²) in [7, 11) is 0. The third kappa shape index (κ3) is 1.68. The van der Waals surface area contributed by atoms with E-state index in [-0.39, 0.29) is 11.9 Å². The van der Waals surface area contributed by atoms with Gasteiger partial charge < -0.3 is 9.64 Å². The zero-order valence-electron chi connectivity index (χ0n) is 10.4. The molecule has 17 heavy (non-hydrogen) atoms. The molecule has 0 aliphatic carbocycles. The molecule has 0 bridgehead atoms. The predicted octanol–water partition coefficient (Wildman–Crippen LogP) is 3.14. The molecule has 1 aromatic carbocycles. The number of hydrogen-bond donors (Lipinski definition) is 0. The SMILES string of the molecule is CC1Cc2c(N3CCCC3C)ccc(F)c2O1. The lowest BCUT2D eigenvalue weighted by Crippen LogP contribution is -2.27. The monoisotopic (exact) mass is 235 g/mol. The van der Waals surface area contributed by atoms with Crippen LogP contribution < -0.4 is 9.64 Å². The van der Waals surface area contributed by atoms with Gasteiger partial charge in [-0.2, -0.15) is 0 Å². The first kappa shape index (κ1) is 10.9. The largest absolute Gasteiger partial charge is 0.487 e. The maximum Gasteiger partial charge on any atom is 0.165 e. The first-order valence-corrected chi connectivity index (χ1v) is 6.41. The average Bonchev–Trinajstić information content (AvgIpc) is 2.86. The van der Waals surface area contributed by atoms with Crippen LogP contribution in [0.3, 0.4) is 0 Å². The fraction of sp³-hybridized carbons (Fsp3) is 0.571. The number of hydrogen-bond acceptors (Lipinski definition) is 2. The van der Waals surface area contributed by atoms with Gasteiger partial charge in [-0.05, 0) is 38.8 Å². The van der Waals surface area contributed by atoms with Gasteiger partial charge in [0.2, 0.25) is 0 Å². The Hall–Kier alpha value is -1.25. The molecule has 3 heteroatoms. The molecule has 2 atom stereocenters. The molecule has 3 rings (SSSR count). The average molecular weight is 235 g/mol. The Kier molecular flexibility index (Phi) is 2.49. The number of rotatable bonds is 1. The number of anilines is 1. The second-order valence-electron chi connectivity index (χ2n) is 5.19. The first-order valence-electron chi connectivity index (χ1n) is 6.41. The minimum Gasteiger partial charge on any atom is -0.487 e. The molecule has 0 radical (unpaired) electrons. The lowest BCUT2D eigenvalue weighted by molar-refractivity contribution is 0.245. The molecule has 2 nitrogen and oxygen atoms in total. The Labute approximate surface area is 101 Å². The van der Waals surface area contributed by atoms with Crippen LogP contribution in [-0.2, 0) is 6.42 Å². The van der Waals surface area contributed by atoms with Crippen molar-refractivity contribution in [3.63, 3.8) is 0 Å². The zero-order chi connectivity index (χ0) is 12.0. The second kappa shape index (κ2) is 3.90. The minimum absolute atomic E-state index is 0.0959. The molecule has 1 saturated heterocycles. The number of fused-ring (bicyclic) bond motifs is 1. The second-order valence-corrected chi connectivity index (χ2v) is 5.19. The van der Waals surface area contributed by atoms with E-state index in [9.17, 15) is 4.39 Å². The van der Waals surface area contributed by atoms with Crippen LogP contribution in [0.4, 0.5) is 10.1 Å². The van der Waals surface area contributed by atoms with Crippen molar-refractivity contribution in [3.8, 4) is 5.75 Å². The van der Waals surface area contributed by atoms with Gasteiger partial charge in [0.25, 0.3) is 0 Å². The van der Waals surface area contributed by atoms with Crippen LogP contribution in [-0.4, -0.2) is 18.7 Å². The van der Waals surface area contributed by atoms with E-state index in [4.69, 9.17) is 4.74 Å². The molecule has 2 aliphatic heterocycles. The van der Waals surface area contributed by atoms with E-state index < -0.39 is 0 Å². The fourth-order valence-corrected chi connectivity index (χ4v) is 3.00. The summed E-state index contributed by atoms with van der Waals surface area (Å²) in [4.78, 5) is 2.39. The molecule has 0 N–H and O–H groups in total. The third-order valence-electron chi connectivity index (χ3n) is 3.86. The van der Waals surface area contributed by atoms with Gasteiger partial charge in [0.1, 0.15) is 6.10 Å². The number of nitrogens with zero attached hydrogens (tertiary/aromatic N) is 1. The molecule has 0 aromatic heterocycles. The standard InChI is InChI=1S/C14H18FNO/c1-9-4-3-7-16(9)13-6-5-12(15)14-11(13)8-10(2)17-14/h5-6,9-10H,3-4,7-8H2,1-2H3. The van der Waals surface area contributed by atoms with E-state index in [0.717, 1.165) is 18.5 Å². The normalized spacial score (nSPS) is 27.1. The topological polar surface area (TPSA) is 12.5 Å². The summed E-state index contributed by atoms with van der Waals surface area (Å²) in [6.07, 6.45) is 3.37. The van der Waals surface area contributed by atoms with Crippen molar-refractivity contribution >= 4 is 5.69 Å². The van der Waals surface area contributed by atoms with Crippen molar-refractivity contribution in [2.75, 3.05) is 11.4 Å². The van der Waals surface area contributed by atoms with Crippen LogP contribution in [0.5, 0.6) is 5.75 Å². The fourth-order valence-electron chi connectivity index (χ4n) is 3.00. The van der Waals surface area contributed by atoms with E-state index in [1.807, 2.05) is 13.0 Å². The van der Waals surface area contributed by atoms with Crippen molar-refractivity contribution < 1.29 is 9.13 Å². The van der Waals surface area contributed by atoms with E-state index in [1.165, 1.54) is 24.6 Å². The Morgan fingerprint density at radius 3 is 2.88 bits per heavy atom. The number of ether oxygens (including phenoxy) is 1. The Balaban J connectivity index is 2.04. The smallest absolute Gasteiger partial charge is 0.165 e. The Morgan fingerprint density at radius 2 is 2.18 bits per heavy atom. The molecule has 0 amide bonds. The summed E-state index contributed by atoms with van der Waals surface area (Å²) in [5.74, 6) is 0.258. The molecule has 0 saturated carbocycles. The van der Waals surface area contributed by atoms with Crippen molar-refractivity contribution in [2.24, 2.45) is 0 Å². The van der Waals surface area contributed by atoms with Crippen molar-refractivity contribution in [3.05, 3.63) is 23.5 Å². The summed E-state index contributed by atoms with van der Waals surface area (Å²) in [5, 5.41) is 0. The third-order valence-corrected chi connectivity index (χ3v) is 3.86. The van der Waals surface area contributed by atoms with E-state index in [0.29, 0.717) is 11.8 Å². The zero-order valence-corrected chi connectivity index (χ0v) is 10.4. The molecule has 1 aromatic rings. The van der Waals surface area contributed by atoms with E-state index in [2.05, 4.69) is 11.8 Å². The highest BCUT2D eigenvalue weighted by Crippen LogP contribution is 2.40. The maximum absolute atomic E-state index is 13.7. The van der Waals surface area contributed by atoms with Crippen LogP contribution in [0.2, 0.25) is 0 Å². The predicted molar refractivity (Wildman–Crippen MR) is 66.2 cm³/mol. The van der Waals surface area contributed by atoms with Gasteiger partial charge in [0.05, 0.1) is 0 Å². The molecule has 1 fully saturated rings. The Morgan fingerprint density at radius 1 is 1.35 bits per heavy atom. The summed E-state index contributed by atoms with van der Waals surface area (Å²) in [5.41, 5.74) is 2.24. The summed E-state index contributed by atoms with van der Waals surface area (Å²) in [6.45, 7) is 5.31. The summed E-state index contributed by atoms with van der Waals surface area (Å²) < 4.78 is 19.3. The van der Waals surface area contributed by atoms with Crippen LogP contribution in [0, 0.1) is 5.82 Å². The summed E-state index contributed by atoms with van der Waals surface area (Å²) >= 11 is 0. The van der Waals surface area contributed by atoms with Crippen LogP contribution in [0.1, 0.15) is 32.3 Å². The van der Waals surface area contributed by atoms with Gasteiger partial charge in [-0.25, -0.2) is 4.39 Å². The molecule has 0 spiro atoms. The van der Waals surface area contributed by atoms with Crippen LogP contribution in [0.15, 0.2) is 12.1 Å². The quantitative estimate of drug-likeness (QED) is 0.741. The maximum atomic E-state index is 13.7. The molecular weight excluding hydrogens is 217 g/mol. The van der Waals surface area contributed by atoms with Gasteiger partial charge in [0, 0.05) is 30.3 Å². The van der Waals surface area contributed by atoms with E-state index in [1.54, 1.807) is 0 Å². The minimum atomic E-state index is -0.222. The van der Waals surface area contributed by atoms with Crippen LogP contribution >= 0.6 is 0 Å². The molecule has 92 valence electrons. The molecule has 2 heterocycles. The summed E-state index contributed by atoms with van der Waals surface area (Å²) in [6, 6.07) is 4.01.